The number of carbonyl (C=O) groups excluding carboxylic acids is 1. The molecule has 0 saturated heterocycles. The van der Waals surface area contributed by atoms with Crippen LogP contribution in [0.15, 0.2) is 58.2 Å². The molecule has 0 atom stereocenters. The van der Waals surface area contributed by atoms with Crippen molar-refractivity contribution in [3.8, 4) is 5.75 Å². The second-order valence-electron chi connectivity index (χ2n) is 6.31. The number of nitrogens with zero attached hydrogens (tertiary/aromatic N) is 3. The molecule has 0 aliphatic heterocycles. The molecule has 2 aromatic carbocycles. The van der Waals surface area contributed by atoms with Crippen LogP contribution in [0, 0.1) is 0 Å². The van der Waals surface area contributed by atoms with Gasteiger partial charge in [0.25, 0.3) is 11.1 Å². The van der Waals surface area contributed by atoms with E-state index in [-0.39, 0.29) is 30.2 Å². The molecule has 1 aromatic heterocycles. The Balaban J connectivity index is 1.56. The quantitative estimate of drug-likeness (QED) is 0.421. The third kappa shape index (κ3) is 5.88. The van der Waals surface area contributed by atoms with E-state index in [4.69, 9.17) is 32.4 Å². The minimum atomic E-state index is -0.0415. The van der Waals surface area contributed by atoms with Crippen molar-refractivity contribution in [2.75, 3.05) is 10.7 Å². The van der Waals surface area contributed by atoms with Gasteiger partial charge >= 0.3 is 0 Å². The molecule has 152 valence electrons. The summed E-state index contributed by atoms with van der Waals surface area (Å²) in [6.07, 6.45) is 0. The maximum atomic E-state index is 12.7. The number of hydrogen-bond acceptors (Lipinski definition) is 6. The highest BCUT2D eigenvalue weighted by molar-refractivity contribution is 7.99. The Labute approximate surface area is 183 Å². The summed E-state index contributed by atoms with van der Waals surface area (Å²) in [5.41, 5.74) is 0.854. The molecule has 9 heteroatoms. The van der Waals surface area contributed by atoms with Gasteiger partial charge in [-0.25, -0.2) is 0 Å². The van der Waals surface area contributed by atoms with Gasteiger partial charge in [0.1, 0.15) is 5.75 Å². The molecule has 0 unspecified atom stereocenters. The van der Waals surface area contributed by atoms with Crippen molar-refractivity contribution < 1.29 is 13.9 Å². The van der Waals surface area contributed by atoms with Crippen molar-refractivity contribution in [1.29, 1.82) is 0 Å². The van der Waals surface area contributed by atoms with Gasteiger partial charge in [0, 0.05) is 16.8 Å². The Hall–Kier alpha value is -2.22. The molecule has 0 aliphatic rings. The van der Waals surface area contributed by atoms with E-state index in [9.17, 15) is 4.79 Å². The zero-order valence-corrected chi connectivity index (χ0v) is 18.2. The van der Waals surface area contributed by atoms with Crippen molar-refractivity contribution in [3.05, 3.63) is 64.5 Å². The summed E-state index contributed by atoms with van der Waals surface area (Å²) in [6, 6.07) is 14.5. The highest BCUT2D eigenvalue weighted by Crippen LogP contribution is 2.28. The highest BCUT2D eigenvalue weighted by Gasteiger charge is 2.20. The van der Waals surface area contributed by atoms with E-state index in [1.54, 1.807) is 23.1 Å². The van der Waals surface area contributed by atoms with E-state index >= 15 is 0 Å². The number of para-hydroxylation sites is 1. The molecule has 29 heavy (non-hydrogen) atoms. The summed E-state index contributed by atoms with van der Waals surface area (Å²) in [5.74, 6) is 0.891. The van der Waals surface area contributed by atoms with Crippen molar-refractivity contribution in [2.45, 2.75) is 31.7 Å². The lowest BCUT2D eigenvalue weighted by Gasteiger charge is -2.26. The number of amides is 1. The Morgan fingerprint density at radius 1 is 1.17 bits per heavy atom. The van der Waals surface area contributed by atoms with Gasteiger partial charge < -0.3 is 14.1 Å². The fourth-order valence-corrected chi connectivity index (χ4v) is 3.70. The average molecular weight is 452 g/mol. The topological polar surface area (TPSA) is 68.5 Å². The van der Waals surface area contributed by atoms with Gasteiger partial charge in [-0.05, 0) is 44.2 Å². The molecule has 0 aliphatic carbocycles. The predicted octanol–water partition coefficient (Wildman–Crippen LogP) is 5.49. The first-order valence-corrected chi connectivity index (χ1v) is 10.6. The summed E-state index contributed by atoms with van der Waals surface area (Å²) >= 11 is 13.1. The van der Waals surface area contributed by atoms with Crippen molar-refractivity contribution >= 4 is 46.6 Å². The number of aromatic nitrogens is 2. The lowest BCUT2D eigenvalue weighted by molar-refractivity contribution is -0.116. The van der Waals surface area contributed by atoms with Crippen molar-refractivity contribution in [1.82, 2.24) is 10.2 Å². The van der Waals surface area contributed by atoms with E-state index in [1.165, 1.54) is 11.8 Å². The minimum absolute atomic E-state index is 0.0290. The average Bonchev–Trinajstić information content (AvgIpc) is 3.14. The normalized spacial score (nSPS) is 10.9. The molecule has 1 heterocycles. The van der Waals surface area contributed by atoms with Crippen LogP contribution in [-0.2, 0) is 11.4 Å². The molecule has 0 spiro atoms. The van der Waals surface area contributed by atoms with Crippen LogP contribution in [0.2, 0.25) is 10.0 Å². The van der Waals surface area contributed by atoms with E-state index < -0.39 is 0 Å². The molecule has 0 fully saturated rings. The van der Waals surface area contributed by atoms with Gasteiger partial charge in [0.15, 0.2) is 6.61 Å². The highest BCUT2D eigenvalue weighted by atomic mass is 35.5. The van der Waals surface area contributed by atoms with E-state index in [0.29, 0.717) is 21.0 Å². The van der Waals surface area contributed by atoms with Crippen LogP contribution >= 0.6 is 35.0 Å². The number of thioether (sulfide) groups is 1. The van der Waals surface area contributed by atoms with Crippen LogP contribution in [-0.4, -0.2) is 27.9 Å². The maximum Gasteiger partial charge on any atom is 0.277 e. The minimum Gasteiger partial charge on any atom is -0.482 e. The number of halogens is 2. The second-order valence-corrected chi connectivity index (χ2v) is 8.08. The van der Waals surface area contributed by atoms with Crippen LogP contribution in [0.3, 0.4) is 0 Å². The van der Waals surface area contributed by atoms with Crippen LogP contribution < -0.4 is 9.64 Å². The first kappa shape index (κ1) is 21.5. The molecule has 3 aromatic rings. The zero-order valence-electron chi connectivity index (χ0n) is 15.8. The fourth-order valence-electron chi connectivity index (χ4n) is 2.60. The largest absolute Gasteiger partial charge is 0.482 e. The van der Waals surface area contributed by atoms with Crippen LogP contribution in [0.25, 0.3) is 0 Å². The SMILES string of the molecule is CC(C)N(C(=O)CSc1nnc(COc2ccc(Cl)cc2Cl)o1)c1ccccc1. The lowest BCUT2D eigenvalue weighted by atomic mass is 10.2. The molecular weight excluding hydrogens is 433 g/mol. The smallest absolute Gasteiger partial charge is 0.277 e. The Kier molecular flexibility index (Phi) is 7.41. The van der Waals surface area contributed by atoms with Gasteiger partial charge in [-0.3, -0.25) is 4.79 Å². The first-order chi connectivity index (χ1) is 13.9. The maximum absolute atomic E-state index is 12.7. The van der Waals surface area contributed by atoms with Gasteiger partial charge in [-0.15, -0.1) is 10.2 Å². The lowest BCUT2D eigenvalue weighted by Crippen LogP contribution is -2.38. The molecular formula is C20H19Cl2N3O3S. The molecule has 0 saturated carbocycles. The van der Waals surface area contributed by atoms with Crippen molar-refractivity contribution in [2.24, 2.45) is 0 Å². The molecule has 0 bridgehead atoms. The number of rotatable bonds is 8. The summed E-state index contributed by atoms with van der Waals surface area (Å²) in [7, 11) is 0. The monoisotopic (exact) mass is 451 g/mol. The molecule has 3 rings (SSSR count). The third-order valence-electron chi connectivity index (χ3n) is 3.83. The van der Waals surface area contributed by atoms with Crippen LogP contribution in [0.1, 0.15) is 19.7 Å². The first-order valence-electron chi connectivity index (χ1n) is 8.84. The third-order valence-corrected chi connectivity index (χ3v) is 5.17. The Morgan fingerprint density at radius 2 is 1.93 bits per heavy atom. The fraction of sp³-hybridized carbons (Fsp3) is 0.250. The molecule has 0 radical (unpaired) electrons. The van der Waals surface area contributed by atoms with Gasteiger partial charge in [-0.2, -0.15) is 0 Å². The standard InChI is InChI=1S/C20H19Cl2N3O3S/c1-13(2)25(15-6-4-3-5-7-15)19(26)12-29-20-24-23-18(28-20)11-27-17-9-8-14(21)10-16(17)22/h3-10,13H,11-12H2,1-2H3. The molecule has 0 N–H and O–H groups in total. The van der Waals surface area contributed by atoms with E-state index in [2.05, 4.69) is 10.2 Å². The van der Waals surface area contributed by atoms with Crippen LogP contribution in [0.5, 0.6) is 5.75 Å². The number of carbonyl (C=O) groups is 1. The van der Waals surface area contributed by atoms with Crippen molar-refractivity contribution in [3.63, 3.8) is 0 Å². The van der Waals surface area contributed by atoms with Crippen LogP contribution in [0.4, 0.5) is 5.69 Å². The Bertz CT molecular complexity index is 967. The second kappa shape index (κ2) is 10.0. The van der Waals surface area contributed by atoms with E-state index in [0.717, 1.165) is 5.69 Å². The zero-order chi connectivity index (χ0) is 20.8. The summed E-state index contributed by atoms with van der Waals surface area (Å²) in [4.78, 5) is 14.5. The Morgan fingerprint density at radius 3 is 2.62 bits per heavy atom. The van der Waals surface area contributed by atoms with E-state index in [1.807, 2.05) is 44.2 Å². The summed E-state index contributed by atoms with van der Waals surface area (Å²) in [6.45, 7) is 4.00. The number of ether oxygens (including phenoxy) is 1. The van der Waals surface area contributed by atoms with Gasteiger partial charge in [0.05, 0.1) is 10.8 Å². The van der Waals surface area contributed by atoms with Gasteiger partial charge in [-0.1, -0.05) is 53.2 Å². The van der Waals surface area contributed by atoms with Gasteiger partial charge in [0.2, 0.25) is 5.91 Å². The number of benzene rings is 2. The number of anilines is 1. The summed E-state index contributed by atoms with van der Waals surface area (Å²) < 4.78 is 11.1. The molecule has 1 amide bonds. The molecule has 6 nitrogen and oxygen atoms in total. The summed E-state index contributed by atoms with van der Waals surface area (Å²) in [5, 5.41) is 9.11. The predicted molar refractivity (Wildman–Crippen MR) is 115 cm³/mol. The number of hydrogen-bond donors (Lipinski definition) is 0.